The highest BCUT2D eigenvalue weighted by Gasteiger charge is 2.24. The number of rotatable bonds is 3. The molecule has 0 radical (unpaired) electrons. The van der Waals surface area contributed by atoms with Gasteiger partial charge in [-0.05, 0) is 19.1 Å². The molecule has 0 aliphatic rings. The molecule has 0 bridgehead atoms. The molecule has 0 aromatic carbocycles. The van der Waals surface area contributed by atoms with E-state index in [4.69, 9.17) is 5.73 Å². The molecule has 0 saturated carbocycles. The first-order chi connectivity index (χ1) is 12.3. The number of anilines is 1. The standard InChI is InChI=1S/C16H14N6O2S2/c1-9-7-20-15(25-9)11-4-3-10(8-19-11)13-14-18-6-5-12(17)22(14)21-16(13)26(2,23)24/h3-8H,17H2,1-2H3. The van der Waals surface area contributed by atoms with Gasteiger partial charge in [-0.15, -0.1) is 11.3 Å². The van der Waals surface area contributed by atoms with Gasteiger partial charge in [0.15, 0.2) is 20.5 Å². The molecule has 0 spiro atoms. The molecule has 132 valence electrons. The van der Waals surface area contributed by atoms with Gasteiger partial charge in [0.1, 0.15) is 10.8 Å². The number of nitrogen functional groups attached to an aromatic ring is 1. The number of sulfone groups is 1. The van der Waals surface area contributed by atoms with E-state index >= 15 is 0 Å². The van der Waals surface area contributed by atoms with Gasteiger partial charge in [-0.1, -0.05) is 6.07 Å². The zero-order chi connectivity index (χ0) is 18.5. The summed E-state index contributed by atoms with van der Waals surface area (Å²) in [5.41, 5.74) is 7.97. The van der Waals surface area contributed by atoms with Crippen molar-refractivity contribution in [3.63, 3.8) is 0 Å². The Hall–Kier alpha value is -2.85. The third-order valence-electron chi connectivity index (χ3n) is 3.76. The highest BCUT2D eigenvalue weighted by molar-refractivity contribution is 7.90. The molecule has 10 heteroatoms. The lowest BCUT2D eigenvalue weighted by atomic mass is 10.1. The minimum Gasteiger partial charge on any atom is -0.384 e. The summed E-state index contributed by atoms with van der Waals surface area (Å²) in [5, 5.41) is 4.87. The summed E-state index contributed by atoms with van der Waals surface area (Å²) < 4.78 is 25.8. The predicted molar refractivity (Wildman–Crippen MR) is 99.6 cm³/mol. The van der Waals surface area contributed by atoms with Gasteiger partial charge < -0.3 is 5.73 Å². The molecule has 0 aliphatic heterocycles. The summed E-state index contributed by atoms with van der Waals surface area (Å²) in [6.07, 6.45) is 6.01. The second-order valence-electron chi connectivity index (χ2n) is 5.77. The van der Waals surface area contributed by atoms with Gasteiger partial charge in [0.25, 0.3) is 0 Å². The Kier molecular flexibility index (Phi) is 3.74. The molecule has 4 rings (SSSR count). The van der Waals surface area contributed by atoms with Crippen LogP contribution in [0, 0.1) is 6.92 Å². The number of hydrogen-bond donors (Lipinski definition) is 1. The van der Waals surface area contributed by atoms with Crippen LogP contribution < -0.4 is 5.73 Å². The van der Waals surface area contributed by atoms with Crippen LogP contribution in [-0.4, -0.2) is 39.2 Å². The normalized spacial score (nSPS) is 11.9. The third-order valence-corrected chi connectivity index (χ3v) is 5.68. The highest BCUT2D eigenvalue weighted by atomic mass is 32.2. The smallest absolute Gasteiger partial charge is 0.195 e. The van der Waals surface area contributed by atoms with Crippen molar-refractivity contribution in [2.24, 2.45) is 0 Å². The molecule has 0 atom stereocenters. The van der Waals surface area contributed by atoms with Crippen LogP contribution in [0.15, 0.2) is 41.8 Å². The van der Waals surface area contributed by atoms with Crippen molar-refractivity contribution in [2.45, 2.75) is 11.9 Å². The van der Waals surface area contributed by atoms with Crippen molar-refractivity contribution in [2.75, 3.05) is 12.0 Å². The summed E-state index contributed by atoms with van der Waals surface area (Å²) in [6, 6.07) is 5.15. The van der Waals surface area contributed by atoms with Crippen LogP contribution in [0.4, 0.5) is 5.82 Å². The van der Waals surface area contributed by atoms with Crippen LogP contribution in [-0.2, 0) is 9.84 Å². The molecule has 8 nitrogen and oxygen atoms in total. The average molecular weight is 386 g/mol. The van der Waals surface area contributed by atoms with Crippen molar-refractivity contribution >= 4 is 32.6 Å². The molecule has 0 saturated heterocycles. The van der Waals surface area contributed by atoms with Crippen molar-refractivity contribution in [1.29, 1.82) is 0 Å². The Morgan fingerprint density at radius 3 is 2.54 bits per heavy atom. The van der Waals surface area contributed by atoms with Crippen LogP contribution in [0.3, 0.4) is 0 Å². The fraction of sp³-hybridized carbons (Fsp3) is 0.125. The lowest BCUT2D eigenvalue weighted by Crippen LogP contribution is -2.02. The number of nitrogens with zero attached hydrogens (tertiary/aromatic N) is 5. The lowest BCUT2D eigenvalue weighted by Gasteiger charge is -2.03. The number of hydrogen-bond acceptors (Lipinski definition) is 8. The Morgan fingerprint density at radius 1 is 1.12 bits per heavy atom. The van der Waals surface area contributed by atoms with E-state index in [1.807, 2.05) is 6.92 Å². The average Bonchev–Trinajstić information content (AvgIpc) is 3.19. The maximum Gasteiger partial charge on any atom is 0.195 e. The van der Waals surface area contributed by atoms with E-state index < -0.39 is 9.84 Å². The number of aryl methyl sites for hydroxylation is 1. The molecule has 2 N–H and O–H groups in total. The van der Waals surface area contributed by atoms with Gasteiger partial charge in [0.05, 0.1) is 11.3 Å². The summed E-state index contributed by atoms with van der Waals surface area (Å²) in [7, 11) is -3.58. The predicted octanol–water partition coefficient (Wildman–Crippen LogP) is 2.21. The summed E-state index contributed by atoms with van der Waals surface area (Å²) >= 11 is 1.54. The Balaban J connectivity index is 1.92. The molecule has 4 heterocycles. The molecular formula is C16H14N6O2S2. The van der Waals surface area contributed by atoms with E-state index in [0.29, 0.717) is 22.6 Å². The van der Waals surface area contributed by atoms with Gasteiger partial charge in [-0.3, -0.25) is 4.98 Å². The number of pyridine rings is 1. The Bertz CT molecular complexity index is 1230. The van der Waals surface area contributed by atoms with Crippen LogP contribution in [0.25, 0.3) is 27.5 Å². The number of thiazole rings is 1. The van der Waals surface area contributed by atoms with E-state index in [2.05, 4.69) is 20.1 Å². The van der Waals surface area contributed by atoms with E-state index in [9.17, 15) is 8.42 Å². The van der Waals surface area contributed by atoms with Crippen LogP contribution >= 0.6 is 11.3 Å². The first-order valence-electron chi connectivity index (χ1n) is 7.57. The second-order valence-corrected chi connectivity index (χ2v) is 8.93. The first-order valence-corrected chi connectivity index (χ1v) is 10.3. The van der Waals surface area contributed by atoms with Crippen molar-refractivity contribution in [1.82, 2.24) is 24.6 Å². The fourth-order valence-electron chi connectivity index (χ4n) is 2.60. The molecule has 4 aromatic rings. The zero-order valence-corrected chi connectivity index (χ0v) is 15.5. The van der Waals surface area contributed by atoms with Gasteiger partial charge in [0, 0.05) is 35.3 Å². The molecule has 0 unspecified atom stereocenters. The van der Waals surface area contributed by atoms with Crippen molar-refractivity contribution in [3.05, 3.63) is 41.7 Å². The van der Waals surface area contributed by atoms with E-state index in [1.165, 1.54) is 10.7 Å². The van der Waals surface area contributed by atoms with Crippen molar-refractivity contribution in [3.8, 4) is 21.8 Å². The molecule has 26 heavy (non-hydrogen) atoms. The minimum atomic E-state index is -3.58. The van der Waals surface area contributed by atoms with Crippen LogP contribution in [0.1, 0.15) is 4.88 Å². The largest absolute Gasteiger partial charge is 0.384 e. The van der Waals surface area contributed by atoms with E-state index in [1.54, 1.807) is 41.9 Å². The molecular weight excluding hydrogens is 372 g/mol. The molecule has 4 aromatic heterocycles. The highest BCUT2D eigenvalue weighted by Crippen LogP contribution is 2.32. The third kappa shape index (κ3) is 2.72. The van der Waals surface area contributed by atoms with Gasteiger partial charge in [0.2, 0.25) is 0 Å². The maximum atomic E-state index is 12.2. The summed E-state index contributed by atoms with van der Waals surface area (Å²) in [4.78, 5) is 14.1. The lowest BCUT2D eigenvalue weighted by molar-refractivity contribution is 0.597. The zero-order valence-electron chi connectivity index (χ0n) is 13.9. The van der Waals surface area contributed by atoms with E-state index in [-0.39, 0.29) is 5.03 Å². The first kappa shape index (κ1) is 16.6. The maximum absolute atomic E-state index is 12.2. The van der Waals surface area contributed by atoms with Crippen molar-refractivity contribution < 1.29 is 8.42 Å². The van der Waals surface area contributed by atoms with Gasteiger partial charge in [-0.2, -0.15) is 9.61 Å². The minimum absolute atomic E-state index is 0.0810. The van der Waals surface area contributed by atoms with Crippen LogP contribution in [0.2, 0.25) is 0 Å². The summed E-state index contributed by atoms with van der Waals surface area (Å²) in [6.45, 7) is 1.98. The Morgan fingerprint density at radius 2 is 1.92 bits per heavy atom. The van der Waals surface area contributed by atoms with Gasteiger partial charge >= 0.3 is 0 Å². The van der Waals surface area contributed by atoms with Crippen LogP contribution in [0.5, 0.6) is 0 Å². The number of fused-ring (bicyclic) bond motifs is 1. The SMILES string of the molecule is Cc1cnc(-c2ccc(-c3c(S(C)(=O)=O)nn4c(N)ccnc34)cn2)s1. The Labute approximate surface area is 153 Å². The number of aromatic nitrogens is 5. The second kappa shape index (κ2) is 5.85. The number of nitrogens with two attached hydrogens (primary N) is 1. The summed E-state index contributed by atoms with van der Waals surface area (Å²) in [5.74, 6) is 0.300. The topological polar surface area (TPSA) is 116 Å². The van der Waals surface area contributed by atoms with Gasteiger partial charge in [-0.25, -0.2) is 18.4 Å². The molecule has 0 aliphatic carbocycles. The fourth-order valence-corrected chi connectivity index (χ4v) is 4.15. The molecule has 0 fully saturated rings. The monoisotopic (exact) mass is 386 g/mol. The quantitative estimate of drug-likeness (QED) is 0.574. The van der Waals surface area contributed by atoms with E-state index in [0.717, 1.165) is 21.8 Å². The molecule has 0 amide bonds.